The van der Waals surface area contributed by atoms with Gasteiger partial charge in [-0.2, -0.15) is 13.2 Å². The Morgan fingerprint density at radius 3 is 2.81 bits per heavy atom. The minimum atomic E-state index is -4.47. The summed E-state index contributed by atoms with van der Waals surface area (Å²) in [6, 6.07) is -0.446. The molecular weight excluding hydrogens is 307 g/mol. The fraction of sp³-hybridized carbons (Fsp3) is 0.667. The fourth-order valence-corrected chi connectivity index (χ4v) is 2.54. The highest BCUT2D eigenvalue weighted by atomic mass is 32.1. The molecule has 2 amide bonds. The molecule has 0 aromatic carbocycles. The molecule has 2 N–H and O–H groups in total. The highest BCUT2D eigenvalue weighted by Gasteiger charge is 2.34. The maximum atomic E-state index is 12.4. The standard InChI is InChI=1S/C12H16F3N3O2S/c1-18(5-8(19)7-2-3-7)11(20)16-4-10-17-9(6-21-10)12(13,14)15/h6-8,19H,2-5H2,1H3,(H,16,20). The fourth-order valence-electron chi connectivity index (χ4n) is 1.80. The van der Waals surface area contributed by atoms with Crippen LogP contribution < -0.4 is 5.32 Å². The average Bonchev–Trinajstić information content (AvgIpc) is 3.13. The van der Waals surface area contributed by atoms with Crippen molar-refractivity contribution in [3.63, 3.8) is 0 Å². The molecule has 0 spiro atoms. The van der Waals surface area contributed by atoms with Crippen molar-refractivity contribution in [2.24, 2.45) is 5.92 Å². The summed E-state index contributed by atoms with van der Waals surface area (Å²) in [5.74, 6) is 0.258. The van der Waals surface area contributed by atoms with Crippen molar-refractivity contribution < 1.29 is 23.1 Å². The number of aliphatic hydroxyl groups is 1. The first kappa shape index (κ1) is 16.0. The van der Waals surface area contributed by atoms with Gasteiger partial charge in [0.05, 0.1) is 12.6 Å². The number of hydrogen-bond acceptors (Lipinski definition) is 4. The lowest BCUT2D eigenvalue weighted by molar-refractivity contribution is -0.140. The van der Waals surface area contributed by atoms with Gasteiger partial charge in [0.1, 0.15) is 5.01 Å². The molecule has 1 aromatic heterocycles. The molecule has 1 heterocycles. The lowest BCUT2D eigenvalue weighted by atomic mass is 10.2. The Morgan fingerprint density at radius 2 is 2.29 bits per heavy atom. The molecule has 0 aliphatic heterocycles. The smallest absolute Gasteiger partial charge is 0.391 e. The molecule has 1 atom stereocenters. The summed E-state index contributed by atoms with van der Waals surface area (Å²) in [6.07, 6.45) is -3.08. The van der Waals surface area contributed by atoms with Crippen molar-refractivity contribution in [1.29, 1.82) is 0 Å². The van der Waals surface area contributed by atoms with Gasteiger partial charge in [-0.25, -0.2) is 9.78 Å². The lowest BCUT2D eigenvalue weighted by Crippen LogP contribution is -2.41. The van der Waals surface area contributed by atoms with Crippen LogP contribution in [0.1, 0.15) is 23.5 Å². The molecule has 0 bridgehead atoms. The van der Waals surface area contributed by atoms with Crippen molar-refractivity contribution in [3.8, 4) is 0 Å². The van der Waals surface area contributed by atoms with E-state index in [1.165, 1.54) is 11.9 Å². The third-order valence-electron chi connectivity index (χ3n) is 3.21. The number of aromatic nitrogens is 1. The third-order valence-corrected chi connectivity index (χ3v) is 4.06. The van der Waals surface area contributed by atoms with Crippen LogP contribution in [0, 0.1) is 5.92 Å². The minimum absolute atomic E-state index is 0.0660. The van der Waals surface area contributed by atoms with Gasteiger partial charge in [0, 0.05) is 19.0 Å². The van der Waals surface area contributed by atoms with Crippen LogP contribution in [0.15, 0.2) is 5.38 Å². The second kappa shape index (κ2) is 6.18. The van der Waals surface area contributed by atoms with E-state index >= 15 is 0 Å². The third kappa shape index (κ3) is 4.57. The van der Waals surface area contributed by atoms with Gasteiger partial charge >= 0.3 is 12.2 Å². The van der Waals surface area contributed by atoms with E-state index in [2.05, 4.69) is 10.3 Å². The van der Waals surface area contributed by atoms with Crippen LogP contribution in [0.5, 0.6) is 0 Å². The van der Waals surface area contributed by atoms with Gasteiger partial charge in [0.25, 0.3) is 0 Å². The van der Waals surface area contributed by atoms with Crippen molar-refractivity contribution in [2.45, 2.75) is 31.7 Å². The molecule has 1 fully saturated rings. The van der Waals surface area contributed by atoms with Gasteiger partial charge in [-0.3, -0.25) is 0 Å². The van der Waals surface area contributed by atoms with E-state index in [1.54, 1.807) is 0 Å². The van der Waals surface area contributed by atoms with E-state index in [4.69, 9.17) is 0 Å². The Bertz CT molecular complexity index is 502. The van der Waals surface area contributed by atoms with Crippen LogP contribution in [0.3, 0.4) is 0 Å². The topological polar surface area (TPSA) is 65.5 Å². The van der Waals surface area contributed by atoms with Gasteiger partial charge in [-0.05, 0) is 18.8 Å². The van der Waals surface area contributed by atoms with E-state index in [-0.39, 0.29) is 24.0 Å². The zero-order chi connectivity index (χ0) is 15.6. The van der Waals surface area contributed by atoms with Crippen molar-refractivity contribution in [2.75, 3.05) is 13.6 Å². The zero-order valence-corrected chi connectivity index (χ0v) is 12.2. The van der Waals surface area contributed by atoms with Crippen molar-refractivity contribution >= 4 is 17.4 Å². The summed E-state index contributed by atoms with van der Waals surface area (Å²) in [6.45, 7) is 0.144. The number of amides is 2. The molecule has 1 aromatic rings. The summed E-state index contributed by atoms with van der Waals surface area (Å²) < 4.78 is 37.1. The number of halogens is 3. The Morgan fingerprint density at radius 1 is 1.62 bits per heavy atom. The Hall–Kier alpha value is -1.35. The van der Waals surface area contributed by atoms with Crippen LogP contribution in [0.4, 0.5) is 18.0 Å². The zero-order valence-electron chi connectivity index (χ0n) is 11.4. The highest BCUT2D eigenvalue weighted by Crippen LogP contribution is 2.32. The molecule has 1 saturated carbocycles. The molecule has 1 unspecified atom stereocenters. The van der Waals surface area contributed by atoms with Gasteiger partial charge in [-0.15, -0.1) is 11.3 Å². The number of aliphatic hydroxyl groups excluding tert-OH is 1. The Kier molecular flexibility index (Phi) is 4.72. The summed E-state index contributed by atoms with van der Waals surface area (Å²) in [4.78, 5) is 16.5. The Balaban J connectivity index is 1.78. The number of nitrogens with zero attached hydrogens (tertiary/aromatic N) is 2. The minimum Gasteiger partial charge on any atom is -0.391 e. The molecular formula is C12H16F3N3O2S. The van der Waals surface area contributed by atoms with Crippen LogP contribution in [0.25, 0.3) is 0 Å². The molecule has 0 saturated heterocycles. The van der Waals surface area contributed by atoms with Gasteiger partial charge in [0.2, 0.25) is 0 Å². The van der Waals surface area contributed by atoms with Crippen molar-refractivity contribution in [1.82, 2.24) is 15.2 Å². The number of alkyl halides is 3. The molecule has 1 aliphatic carbocycles. The van der Waals surface area contributed by atoms with Crippen molar-refractivity contribution in [3.05, 3.63) is 16.1 Å². The largest absolute Gasteiger partial charge is 0.434 e. The maximum Gasteiger partial charge on any atom is 0.434 e. The summed E-state index contributed by atoms with van der Waals surface area (Å²) in [5, 5.41) is 13.3. The first-order valence-corrected chi connectivity index (χ1v) is 7.34. The van der Waals surface area contributed by atoms with Crippen LogP contribution in [0.2, 0.25) is 0 Å². The number of hydrogen-bond donors (Lipinski definition) is 2. The number of carbonyl (C=O) groups is 1. The van der Waals surface area contributed by atoms with E-state index in [1.807, 2.05) is 0 Å². The first-order chi connectivity index (χ1) is 9.77. The molecule has 21 heavy (non-hydrogen) atoms. The molecule has 1 aliphatic rings. The normalized spacial score (nSPS) is 16.6. The maximum absolute atomic E-state index is 12.4. The average molecular weight is 323 g/mol. The summed E-state index contributed by atoms with van der Waals surface area (Å²) >= 11 is 0.845. The second-order valence-corrected chi connectivity index (χ2v) is 6.01. The molecule has 9 heteroatoms. The monoisotopic (exact) mass is 323 g/mol. The van der Waals surface area contributed by atoms with Crippen LogP contribution in [-0.4, -0.2) is 40.7 Å². The quantitative estimate of drug-likeness (QED) is 0.872. The van der Waals surface area contributed by atoms with E-state index in [0.29, 0.717) is 0 Å². The first-order valence-electron chi connectivity index (χ1n) is 6.46. The molecule has 0 radical (unpaired) electrons. The number of carbonyl (C=O) groups excluding carboxylic acids is 1. The molecule has 5 nitrogen and oxygen atoms in total. The van der Waals surface area contributed by atoms with Gasteiger partial charge < -0.3 is 15.3 Å². The second-order valence-electron chi connectivity index (χ2n) is 5.07. The highest BCUT2D eigenvalue weighted by molar-refractivity contribution is 7.09. The number of nitrogens with one attached hydrogen (secondary N) is 1. The van der Waals surface area contributed by atoms with Gasteiger partial charge in [-0.1, -0.05) is 0 Å². The number of likely N-dealkylation sites (N-methyl/N-ethyl adjacent to an activating group) is 1. The van der Waals surface area contributed by atoms with E-state index in [0.717, 1.165) is 29.6 Å². The SMILES string of the molecule is CN(CC(O)C1CC1)C(=O)NCc1nc(C(F)(F)F)cs1. The van der Waals surface area contributed by atoms with Crippen LogP contribution >= 0.6 is 11.3 Å². The Labute approximate surface area is 123 Å². The predicted molar refractivity (Wildman–Crippen MR) is 70.7 cm³/mol. The summed E-state index contributed by atoms with van der Waals surface area (Å²) in [5.41, 5.74) is -0.950. The van der Waals surface area contributed by atoms with E-state index in [9.17, 15) is 23.1 Å². The van der Waals surface area contributed by atoms with Gasteiger partial charge in [0.15, 0.2) is 5.69 Å². The number of rotatable bonds is 5. The lowest BCUT2D eigenvalue weighted by Gasteiger charge is -2.20. The number of urea groups is 1. The predicted octanol–water partition coefficient (Wildman–Crippen LogP) is 2.07. The van der Waals surface area contributed by atoms with E-state index < -0.39 is 24.0 Å². The number of thiazole rings is 1. The van der Waals surface area contributed by atoms with Crippen LogP contribution in [-0.2, 0) is 12.7 Å². The summed E-state index contributed by atoms with van der Waals surface area (Å²) in [7, 11) is 1.53. The molecule has 2 rings (SSSR count). The molecule has 118 valence electrons.